The molecule has 2 heterocycles. The maximum absolute atomic E-state index is 13.9. The Morgan fingerprint density at radius 3 is 2.55 bits per heavy atom. The number of ether oxygens (including phenoxy) is 1. The molecule has 2 amide bonds. The van der Waals surface area contributed by atoms with Gasteiger partial charge < -0.3 is 19.5 Å². The van der Waals surface area contributed by atoms with E-state index in [4.69, 9.17) is 9.39 Å². The summed E-state index contributed by atoms with van der Waals surface area (Å²) < 4.78 is 11.7. The highest BCUT2D eigenvalue weighted by atomic mass is 16.6. The molecule has 0 aromatic heterocycles. The number of hydrogen-bond donors (Lipinski definition) is 2. The number of hydrogen-bond acceptors (Lipinski definition) is 8. The first-order chi connectivity index (χ1) is 21.0. The number of nitrogens with zero attached hydrogens (tertiary/aromatic N) is 2. The van der Waals surface area contributed by atoms with Crippen LogP contribution in [0.5, 0.6) is 5.75 Å². The summed E-state index contributed by atoms with van der Waals surface area (Å²) in [6.07, 6.45) is 5.27. The lowest BCUT2D eigenvalue weighted by Crippen LogP contribution is -2.46. The van der Waals surface area contributed by atoms with E-state index in [9.17, 15) is 29.8 Å². The van der Waals surface area contributed by atoms with Crippen LogP contribution >= 0.6 is 0 Å². The summed E-state index contributed by atoms with van der Waals surface area (Å²) in [4.78, 5) is 39.6. The number of methoxy groups -OCH3 is 1. The molecule has 2 aromatic rings. The third kappa shape index (κ3) is 6.09. The second kappa shape index (κ2) is 13.1. The summed E-state index contributed by atoms with van der Waals surface area (Å²) in [6, 6.07) is 9.49. The van der Waals surface area contributed by atoms with Gasteiger partial charge in [-0.2, -0.15) is 0 Å². The highest BCUT2D eigenvalue weighted by molar-refractivity contribution is 6.43. The fraction of sp³-hybridized carbons (Fsp3) is 0.455. The van der Waals surface area contributed by atoms with Crippen molar-refractivity contribution in [3.63, 3.8) is 0 Å². The number of benzene rings is 2. The molecule has 2 saturated heterocycles. The van der Waals surface area contributed by atoms with Gasteiger partial charge in [-0.1, -0.05) is 31.1 Å². The van der Waals surface area contributed by atoms with Crippen molar-refractivity contribution in [3.05, 3.63) is 79.9 Å². The van der Waals surface area contributed by atoms with Crippen LogP contribution in [0.2, 0.25) is 6.32 Å². The Morgan fingerprint density at radius 2 is 1.89 bits per heavy atom. The van der Waals surface area contributed by atoms with E-state index in [1.165, 1.54) is 29.8 Å². The van der Waals surface area contributed by atoms with Crippen LogP contribution in [0.4, 0.5) is 11.4 Å². The van der Waals surface area contributed by atoms with Crippen molar-refractivity contribution in [1.29, 1.82) is 0 Å². The van der Waals surface area contributed by atoms with Crippen LogP contribution in [0.3, 0.4) is 0 Å². The SMILES string of the molecule is CCC/C(=C\c1cc(C)c(O)c(C)c1)CC[C@H]1OB(O)C[C@H]2C1=C(COC)C[C@H]1C(=O)N(c3cccc([N+](=O)[O-])c3)C(=O)[C@H]12. The molecule has 232 valence electrons. The summed E-state index contributed by atoms with van der Waals surface area (Å²) in [6.45, 7) is 6.15. The maximum atomic E-state index is 13.9. The summed E-state index contributed by atoms with van der Waals surface area (Å²) in [5.41, 5.74) is 5.66. The second-order valence-electron chi connectivity index (χ2n) is 12.1. The fourth-order valence-electron chi connectivity index (χ4n) is 7.29. The van der Waals surface area contributed by atoms with Crippen LogP contribution in [0.15, 0.2) is 53.1 Å². The predicted molar refractivity (Wildman–Crippen MR) is 167 cm³/mol. The Hall–Kier alpha value is -3.80. The van der Waals surface area contributed by atoms with E-state index < -0.39 is 47.7 Å². The largest absolute Gasteiger partial charge is 0.507 e. The number of non-ortho nitro benzene ring substituents is 1. The van der Waals surface area contributed by atoms with Crippen LogP contribution in [0, 0.1) is 41.7 Å². The molecule has 10 nitrogen and oxygen atoms in total. The van der Waals surface area contributed by atoms with Gasteiger partial charge in [-0.15, -0.1) is 0 Å². The smallest absolute Gasteiger partial charge is 0.455 e. The van der Waals surface area contributed by atoms with Crippen molar-refractivity contribution < 1.29 is 34.0 Å². The number of aromatic hydroxyl groups is 1. The molecule has 1 aliphatic carbocycles. The van der Waals surface area contributed by atoms with Gasteiger partial charge in [0.25, 0.3) is 5.69 Å². The molecule has 2 aromatic carbocycles. The van der Waals surface area contributed by atoms with Gasteiger partial charge in [-0.25, -0.2) is 4.90 Å². The van der Waals surface area contributed by atoms with Gasteiger partial charge in [0, 0.05) is 19.2 Å². The molecule has 2 fully saturated rings. The Balaban J connectivity index is 1.45. The summed E-state index contributed by atoms with van der Waals surface area (Å²) >= 11 is 0. The number of phenolic OH excluding ortho intramolecular Hbond substituents is 1. The second-order valence-corrected chi connectivity index (χ2v) is 12.1. The number of allylic oxidation sites excluding steroid dienone is 1. The molecule has 2 aliphatic heterocycles. The third-order valence-corrected chi connectivity index (χ3v) is 9.11. The molecule has 44 heavy (non-hydrogen) atoms. The predicted octanol–water partition coefficient (Wildman–Crippen LogP) is 5.53. The van der Waals surface area contributed by atoms with E-state index in [1.54, 1.807) is 7.11 Å². The number of nitro benzene ring substituents is 1. The van der Waals surface area contributed by atoms with Crippen molar-refractivity contribution in [2.75, 3.05) is 18.6 Å². The minimum absolute atomic E-state index is 0.172. The zero-order chi connectivity index (χ0) is 31.7. The monoisotopic (exact) mass is 602 g/mol. The van der Waals surface area contributed by atoms with Gasteiger partial charge in [0.1, 0.15) is 5.75 Å². The lowest BCUT2D eigenvalue weighted by Gasteiger charge is -2.43. The van der Waals surface area contributed by atoms with Crippen LogP contribution in [0.1, 0.15) is 55.7 Å². The highest BCUT2D eigenvalue weighted by Gasteiger charge is 2.57. The Labute approximate surface area is 257 Å². The molecule has 0 spiro atoms. The molecule has 3 aliphatic rings. The van der Waals surface area contributed by atoms with E-state index in [1.807, 2.05) is 26.0 Å². The number of phenols is 1. The molecule has 11 heteroatoms. The molecule has 0 saturated carbocycles. The standard InChI is InChI=1S/C33H39BN2O8/c1-5-7-21(14-22-12-19(2)31(37)20(3)13-22)10-11-28-29-23(18-43-4)15-26-30(27(29)17-34(40)44-28)33(39)35(32(26)38)24-8-6-9-25(16-24)36(41)42/h6,8-9,12-14,16,26-28,30,37,40H,5,7,10-11,15,17-18H2,1-4H3/b21-14+/t26-,27+,28-,30-/m1/s1. The number of nitro groups is 1. The van der Waals surface area contributed by atoms with Gasteiger partial charge in [-0.3, -0.25) is 19.7 Å². The van der Waals surface area contributed by atoms with E-state index >= 15 is 0 Å². The topological polar surface area (TPSA) is 139 Å². The van der Waals surface area contributed by atoms with Crippen molar-refractivity contribution in [3.8, 4) is 5.75 Å². The molecule has 4 atom stereocenters. The molecule has 0 radical (unpaired) electrons. The Bertz CT molecular complexity index is 1510. The fourth-order valence-corrected chi connectivity index (χ4v) is 7.29. The van der Waals surface area contributed by atoms with Gasteiger partial charge >= 0.3 is 7.12 Å². The van der Waals surface area contributed by atoms with Crippen LogP contribution in [-0.4, -0.2) is 53.8 Å². The molecular weight excluding hydrogens is 563 g/mol. The third-order valence-electron chi connectivity index (χ3n) is 9.11. The van der Waals surface area contributed by atoms with E-state index in [0.717, 1.165) is 45.6 Å². The van der Waals surface area contributed by atoms with E-state index in [0.29, 0.717) is 25.0 Å². The van der Waals surface area contributed by atoms with Crippen LogP contribution in [-0.2, 0) is 19.0 Å². The van der Waals surface area contributed by atoms with Crippen molar-refractivity contribution in [1.82, 2.24) is 0 Å². The van der Waals surface area contributed by atoms with Crippen LogP contribution < -0.4 is 4.90 Å². The van der Waals surface area contributed by atoms with Crippen molar-refractivity contribution in [2.45, 2.75) is 65.3 Å². The van der Waals surface area contributed by atoms with Gasteiger partial charge in [0.05, 0.1) is 35.2 Å². The number of amides is 2. The summed E-state index contributed by atoms with van der Waals surface area (Å²) in [7, 11) is 0.482. The quantitative estimate of drug-likeness (QED) is 0.119. The van der Waals surface area contributed by atoms with E-state index in [-0.39, 0.29) is 24.3 Å². The molecule has 0 bridgehead atoms. The minimum Gasteiger partial charge on any atom is -0.507 e. The highest BCUT2D eigenvalue weighted by Crippen LogP contribution is 2.51. The lowest BCUT2D eigenvalue weighted by atomic mass is 9.58. The molecular formula is C33H39BN2O8. The summed E-state index contributed by atoms with van der Waals surface area (Å²) in [5.74, 6) is -2.27. The average molecular weight is 602 g/mol. The van der Waals surface area contributed by atoms with Crippen molar-refractivity contribution in [2.24, 2.45) is 17.8 Å². The zero-order valence-corrected chi connectivity index (χ0v) is 25.6. The number of carbonyl (C=O) groups excluding carboxylic acids is 2. The Morgan fingerprint density at radius 1 is 1.16 bits per heavy atom. The molecule has 0 unspecified atom stereocenters. The Kier molecular flexibility index (Phi) is 9.38. The zero-order valence-electron chi connectivity index (χ0n) is 25.6. The maximum Gasteiger partial charge on any atom is 0.455 e. The first-order valence-electron chi connectivity index (χ1n) is 15.2. The number of anilines is 1. The number of carbonyl (C=O) groups is 2. The first-order valence-corrected chi connectivity index (χ1v) is 15.2. The normalized spacial score (nSPS) is 23.7. The number of rotatable bonds is 10. The van der Waals surface area contributed by atoms with Gasteiger partial charge in [0.2, 0.25) is 11.8 Å². The molecule has 2 N–H and O–H groups in total. The number of aryl methyl sites for hydroxylation is 2. The lowest BCUT2D eigenvalue weighted by molar-refractivity contribution is -0.384. The first kappa shape index (κ1) is 31.6. The summed E-state index contributed by atoms with van der Waals surface area (Å²) in [5, 5.41) is 32.5. The minimum atomic E-state index is -1.10. The average Bonchev–Trinajstić information content (AvgIpc) is 3.23. The molecule has 5 rings (SSSR count). The van der Waals surface area contributed by atoms with Gasteiger partial charge in [0.15, 0.2) is 0 Å². The number of fused-ring (bicyclic) bond motifs is 3. The van der Waals surface area contributed by atoms with E-state index in [2.05, 4.69) is 13.0 Å². The van der Waals surface area contributed by atoms with Gasteiger partial charge in [-0.05, 0) is 97.8 Å². The van der Waals surface area contributed by atoms with Crippen LogP contribution in [0.25, 0.3) is 6.08 Å². The number of imide groups is 1. The van der Waals surface area contributed by atoms with Crippen molar-refractivity contribution >= 4 is 36.4 Å².